The van der Waals surface area contributed by atoms with Gasteiger partial charge in [-0.15, -0.1) is 11.8 Å². The van der Waals surface area contributed by atoms with Crippen molar-refractivity contribution in [2.45, 2.75) is 48.9 Å². The quantitative estimate of drug-likeness (QED) is 0.716. The molecular formula is C13H19N3O4S. The Hall–Kier alpha value is -1.44. The summed E-state index contributed by atoms with van der Waals surface area (Å²) in [7, 11) is 0. The molecule has 3 heterocycles. The van der Waals surface area contributed by atoms with Gasteiger partial charge in [0.25, 0.3) is 0 Å². The maximum absolute atomic E-state index is 12.2. The van der Waals surface area contributed by atoms with E-state index in [9.17, 15) is 19.5 Å². The molecule has 3 amide bonds. The molecule has 3 atom stereocenters. The summed E-state index contributed by atoms with van der Waals surface area (Å²) in [6.45, 7) is 5.08. The lowest BCUT2D eigenvalue weighted by atomic mass is 9.96. The fourth-order valence-corrected chi connectivity index (χ4v) is 4.92. The van der Waals surface area contributed by atoms with Gasteiger partial charge in [0.1, 0.15) is 17.5 Å². The number of nitrogens with zero attached hydrogens (tertiary/aromatic N) is 2. The molecule has 3 rings (SSSR count). The number of urea groups is 1. The third-order valence-electron chi connectivity index (χ3n) is 4.35. The van der Waals surface area contributed by atoms with Crippen molar-refractivity contribution in [3.63, 3.8) is 0 Å². The molecule has 0 spiro atoms. The summed E-state index contributed by atoms with van der Waals surface area (Å²) in [6.07, 6.45) is 1.98. The zero-order valence-electron chi connectivity index (χ0n) is 12.0. The van der Waals surface area contributed by atoms with Crippen LogP contribution in [-0.2, 0) is 9.59 Å². The normalized spacial score (nSPS) is 33.6. The molecule has 0 bridgehead atoms. The number of carboxylic acid groups (broad SMARTS) is 1. The third-order valence-corrected chi connectivity index (χ3v) is 5.92. The lowest BCUT2D eigenvalue weighted by Gasteiger charge is -2.43. The number of thioether (sulfide) groups is 1. The zero-order valence-corrected chi connectivity index (χ0v) is 12.9. The molecule has 116 valence electrons. The van der Waals surface area contributed by atoms with E-state index in [1.807, 2.05) is 13.8 Å². The van der Waals surface area contributed by atoms with Crippen molar-refractivity contribution in [1.29, 1.82) is 0 Å². The van der Waals surface area contributed by atoms with Gasteiger partial charge in [0, 0.05) is 17.8 Å². The Balaban J connectivity index is 1.70. The third kappa shape index (κ3) is 2.16. The fraction of sp³-hybridized carbons (Fsp3) is 0.769. The van der Waals surface area contributed by atoms with E-state index in [2.05, 4.69) is 5.32 Å². The average molecular weight is 313 g/mol. The minimum absolute atomic E-state index is 0.220. The highest BCUT2D eigenvalue weighted by atomic mass is 32.2. The van der Waals surface area contributed by atoms with Crippen molar-refractivity contribution in [2.24, 2.45) is 0 Å². The minimum atomic E-state index is -0.993. The first-order chi connectivity index (χ1) is 9.83. The molecule has 7 nitrogen and oxygen atoms in total. The van der Waals surface area contributed by atoms with E-state index in [4.69, 9.17) is 0 Å². The van der Waals surface area contributed by atoms with Crippen molar-refractivity contribution in [3.8, 4) is 0 Å². The van der Waals surface area contributed by atoms with Crippen LogP contribution in [0.15, 0.2) is 0 Å². The summed E-state index contributed by atoms with van der Waals surface area (Å²) in [5, 5.41) is 11.8. The summed E-state index contributed by atoms with van der Waals surface area (Å²) >= 11 is 1.44. The molecular weight excluding hydrogens is 294 g/mol. The van der Waals surface area contributed by atoms with Gasteiger partial charge in [0.2, 0.25) is 5.91 Å². The van der Waals surface area contributed by atoms with Crippen molar-refractivity contribution in [3.05, 3.63) is 0 Å². The van der Waals surface area contributed by atoms with E-state index in [0.717, 1.165) is 25.9 Å². The number of aliphatic carboxylic acids is 1. The average Bonchev–Trinajstić information content (AvgIpc) is 3.00. The maximum Gasteiger partial charge on any atom is 0.327 e. The molecule has 0 aromatic heterocycles. The van der Waals surface area contributed by atoms with E-state index in [1.54, 1.807) is 4.90 Å². The number of carbonyl (C=O) groups excluding carboxylic acids is 2. The lowest BCUT2D eigenvalue weighted by Crippen LogP contribution is -2.71. The molecule has 3 saturated heterocycles. The van der Waals surface area contributed by atoms with E-state index < -0.39 is 22.8 Å². The van der Waals surface area contributed by atoms with Gasteiger partial charge in [-0.1, -0.05) is 0 Å². The van der Waals surface area contributed by atoms with Gasteiger partial charge in [0.05, 0.1) is 0 Å². The predicted molar refractivity (Wildman–Crippen MR) is 76.9 cm³/mol. The lowest BCUT2D eigenvalue weighted by molar-refractivity contribution is -0.159. The number of nitrogens with one attached hydrogen (secondary N) is 1. The van der Waals surface area contributed by atoms with Gasteiger partial charge in [-0.25, -0.2) is 9.59 Å². The second kappa shape index (κ2) is 4.79. The molecule has 3 aliphatic heterocycles. The molecule has 0 radical (unpaired) electrons. The van der Waals surface area contributed by atoms with Gasteiger partial charge in [-0.3, -0.25) is 4.79 Å². The molecule has 3 aliphatic rings. The second-order valence-electron chi connectivity index (χ2n) is 6.22. The Bertz CT molecular complexity index is 504. The predicted octanol–water partition coefficient (Wildman–Crippen LogP) is 0.307. The number of carboxylic acids is 1. The monoisotopic (exact) mass is 313 g/mol. The van der Waals surface area contributed by atoms with Crippen LogP contribution in [0.4, 0.5) is 4.79 Å². The SMILES string of the molecule is CC1(C)S[C@@H]2[C@H](NC(=O)N3CCCC3)C(=O)N2[C@H]1C(=O)O. The topological polar surface area (TPSA) is 90.0 Å². The van der Waals surface area contributed by atoms with Crippen molar-refractivity contribution in [2.75, 3.05) is 13.1 Å². The largest absolute Gasteiger partial charge is 0.480 e. The molecule has 0 aromatic rings. The van der Waals surface area contributed by atoms with E-state index >= 15 is 0 Å². The van der Waals surface area contributed by atoms with Gasteiger partial charge in [-0.2, -0.15) is 0 Å². The first-order valence-corrected chi connectivity index (χ1v) is 7.99. The second-order valence-corrected chi connectivity index (χ2v) is 7.99. The first-order valence-electron chi connectivity index (χ1n) is 7.11. The molecule has 2 N–H and O–H groups in total. The van der Waals surface area contributed by atoms with E-state index in [-0.39, 0.29) is 17.3 Å². The Labute approximate surface area is 127 Å². The summed E-state index contributed by atoms with van der Waals surface area (Å²) in [4.78, 5) is 38.8. The number of hydrogen-bond acceptors (Lipinski definition) is 4. The van der Waals surface area contributed by atoms with Crippen LogP contribution >= 0.6 is 11.8 Å². The van der Waals surface area contributed by atoms with Crippen molar-refractivity contribution in [1.82, 2.24) is 15.1 Å². The Morgan fingerprint density at radius 3 is 2.52 bits per heavy atom. The molecule has 0 aliphatic carbocycles. The molecule has 0 saturated carbocycles. The molecule has 21 heavy (non-hydrogen) atoms. The highest BCUT2D eigenvalue weighted by Gasteiger charge is 2.64. The summed E-state index contributed by atoms with van der Waals surface area (Å²) in [5.41, 5.74) is 0. The van der Waals surface area contributed by atoms with Crippen LogP contribution < -0.4 is 5.32 Å². The van der Waals surface area contributed by atoms with Crippen LogP contribution in [0.5, 0.6) is 0 Å². The van der Waals surface area contributed by atoms with E-state index in [1.165, 1.54) is 16.7 Å². The van der Waals surface area contributed by atoms with Crippen LogP contribution in [-0.4, -0.2) is 68.1 Å². The molecule has 0 unspecified atom stereocenters. The number of hydrogen-bond donors (Lipinski definition) is 2. The summed E-state index contributed by atoms with van der Waals surface area (Å²) < 4.78 is -0.556. The van der Waals surface area contributed by atoms with Crippen LogP contribution in [0.25, 0.3) is 0 Å². The molecule has 3 fully saturated rings. The zero-order chi connectivity index (χ0) is 15.4. The highest BCUT2D eigenvalue weighted by molar-refractivity contribution is 8.01. The molecule has 0 aromatic carbocycles. The maximum atomic E-state index is 12.2. The Morgan fingerprint density at radius 1 is 1.33 bits per heavy atom. The summed E-state index contributed by atoms with van der Waals surface area (Å²) in [5.74, 6) is -1.29. The smallest absolute Gasteiger partial charge is 0.327 e. The van der Waals surface area contributed by atoms with Crippen LogP contribution in [0.1, 0.15) is 26.7 Å². The van der Waals surface area contributed by atoms with Crippen molar-refractivity contribution >= 4 is 29.7 Å². The van der Waals surface area contributed by atoms with Crippen LogP contribution in [0, 0.1) is 0 Å². The minimum Gasteiger partial charge on any atom is -0.480 e. The van der Waals surface area contributed by atoms with Crippen LogP contribution in [0.3, 0.4) is 0 Å². The van der Waals surface area contributed by atoms with E-state index in [0.29, 0.717) is 0 Å². The number of amides is 3. The number of carbonyl (C=O) groups is 3. The number of β-lactam (4-membered cyclic amide) rings is 1. The van der Waals surface area contributed by atoms with Gasteiger partial charge >= 0.3 is 12.0 Å². The van der Waals surface area contributed by atoms with Crippen molar-refractivity contribution < 1.29 is 19.5 Å². The summed E-state index contributed by atoms with van der Waals surface area (Å²) in [6, 6.07) is -1.66. The molecule has 8 heteroatoms. The van der Waals surface area contributed by atoms with Gasteiger partial charge in [0.15, 0.2) is 0 Å². The standard InChI is InChI=1S/C13H19N3O4S/c1-13(2)8(11(18)19)16-9(17)7(10(16)21-13)14-12(20)15-5-3-4-6-15/h7-8,10H,3-6H2,1-2H3,(H,14,20)(H,18,19)/t7-,8+,10-/m1/s1. The Kier molecular flexibility index (Phi) is 3.31. The van der Waals surface area contributed by atoms with Gasteiger partial charge < -0.3 is 20.2 Å². The highest BCUT2D eigenvalue weighted by Crippen LogP contribution is 2.50. The number of rotatable bonds is 2. The Morgan fingerprint density at radius 2 is 1.95 bits per heavy atom. The number of likely N-dealkylation sites (tertiary alicyclic amines) is 1. The fourth-order valence-electron chi connectivity index (χ4n) is 3.29. The van der Waals surface area contributed by atoms with Crippen LogP contribution in [0.2, 0.25) is 0 Å². The first kappa shape index (κ1) is 14.5. The number of fused-ring (bicyclic) bond motifs is 1. The van der Waals surface area contributed by atoms with Gasteiger partial charge in [-0.05, 0) is 26.7 Å².